The molecule has 3 nitrogen and oxygen atoms in total. The van der Waals surface area contributed by atoms with Crippen molar-refractivity contribution in [3.8, 4) is 0 Å². The van der Waals surface area contributed by atoms with E-state index in [2.05, 4.69) is 28.3 Å². The number of nitrogens with zero attached hydrogens (tertiary/aromatic N) is 2. The monoisotopic (exact) mass is 261 g/mol. The van der Waals surface area contributed by atoms with E-state index >= 15 is 0 Å². The second-order valence-electron chi connectivity index (χ2n) is 4.10. The van der Waals surface area contributed by atoms with Gasteiger partial charge in [0, 0.05) is 23.8 Å². The van der Waals surface area contributed by atoms with Crippen molar-refractivity contribution >= 4 is 11.6 Å². The van der Waals surface area contributed by atoms with Gasteiger partial charge in [-0.3, -0.25) is 0 Å². The first-order valence-electron chi connectivity index (χ1n) is 6.03. The average molecular weight is 262 g/mol. The van der Waals surface area contributed by atoms with Crippen LogP contribution in [0.1, 0.15) is 30.6 Å². The van der Waals surface area contributed by atoms with Crippen LogP contribution in [0, 0.1) is 0 Å². The van der Waals surface area contributed by atoms with Crippen LogP contribution in [0.25, 0.3) is 0 Å². The largest absolute Gasteiger partial charge is 0.304 e. The molecule has 94 valence electrons. The number of nitrogens with one attached hydrogen (secondary N) is 1. The maximum atomic E-state index is 6.01. The molecule has 1 N–H and O–H groups in total. The van der Waals surface area contributed by atoms with Gasteiger partial charge in [-0.2, -0.15) is 0 Å². The van der Waals surface area contributed by atoms with E-state index in [0.717, 1.165) is 23.7 Å². The molecule has 0 bridgehead atoms. The Bertz CT molecular complexity index is 487. The molecule has 1 aromatic heterocycles. The van der Waals surface area contributed by atoms with E-state index in [0.29, 0.717) is 6.04 Å². The van der Waals surface area contributed by atoms with Gasteiger partial charge in [-0.05, 0) is 30.2 Å². The minimum absolute atomic E-state index is 0.290. The van der Waals surface area contributed by atoms with Crippen molar-refractivity contribution in [2.45, 2.75) is 25.9 Å². The Morgan fingerprint density at radius 2 is 2.22 bits per heavy atom. The first-order valence-corrected chi connectivity index (χ1v) is 6.41. The van der Waals surface area contributed by atoms with Crippen molar-refractivity contribution in [1.29, 1.82) is 0 Å². The van der Waals surface area contributed by atoms with E-state index in [9.17, 15) is 0 Å². The standard InChI is InChI=1S/C14H16ClN3/c1-2-14(11-4-3-5-12(15)8-11)17-9-13-6-7-16-10-18-13/h3-8,10,14,17H,2,9H2,1H3. The Kier molecular flexibility index (Phi) is 4.67. The van der Waals surface area contributed by atoms with Crippen molar-refractivity contribution in [3.63, 3.8) is 0 Å². The Hall–Kier alpha value is -1.45. The van der Waals surface area contributed by atoms with E-state index in [-0.39, 0.29) is 0 Å². The van der Waals surface area contributed by atoms with Gasteiger partial charge in [0.05, 0.1) is 5.69 Å². The third kappa shape index (κ3) is 3.52. The maximum Gasteiger partial charge on any atom is 0.115 e. The van der Waals surface area contributed by atoms with E-state index in [1.54, 1.807) is 12.5 Å². The molecular formula is C14H16ClN3. The first kappa shape index (κ1) is 13.0. The van der Waals surface area contributed by atoms with Gasteiger partial charge in [-0.25, -0.2) is 9.97 Å². The molecule has 1 aromatic carbocycles. The summed E-state index contributed by atoms with van der Waals surface area (Å²) in [6, 6.07) is 10.2. The SMILES string of the molecule is CCC(NCc1ccncn1)c1cccc(Cl)c1. The van der Waals surface area contributed by atoms with Crippen molar-refractivity contribution in [1.82, 2.24) is 15.3 Å². The van der Waals surface area contributed by atoms with Gasteiger partial charge in [0.1, 0.15) is 6.33 Å². The second kappa shape index (κ2) is 6.47. The molecule has 1 heterocycles. The fraction of sp³-hybridized carbons (Fsp3) is 0.286. The topological polar surface area (TPSA) is 37.8 Å². The molecule has 0 aliphatic carbocycles. The summed E-state index contributed by atoms with van der Waals surface area (Å²) in [5, 5.41) is 4.25. The molecule has 0 saturated carbocycles. The number of halogens is 1. The van der Waals surface area contributed by atoms with Crippen molar-refractivity contribution < 1.29 is 0 Å². The van der Waals surface area contributed by atoms with Gasteiger partial charge in [-0.15, -0.1) is 0 Å². The molecule has 0 saturated heterocycles. The zero-order valence-electron chi connectivity index (χ0n) is 10.3. The number of hydrogen-bond donors (Lipinski definition) is 1. The highest BCUT2D eigenvalue weighted by molar-refractivity contribution is 6.30. The van der Waals surface area contributed by atoms with Gasteiger partial charge < -0.3 is 5.32 Å². The molecular weight excluding hydrogens is 246 g/mol. The van der Waals surface area contributed by atoms with Crippen LogP contribution in [0.15, 0.2) is 42.9 Å². The van der Waals surface area contributed by atoms with Crippen molar-refractivity contribution in [2.75, 3.05) is 0 Å². The lowest BCUT2D eigenvalue weighted by molar-refractivity contribution is 0.514. The van der Waals surface area contributed by atoms with Crippen LogP contribution in [0.4, 0.5) is 0 Å². The normalized spacial score (nSPS) is 12.3. The van der Waals surface area contributed by atoms with Gasteiger partial charge in [0.25, 0.3) is 0 Å². The van der Waals surface area contributed by atoms with Crippen molar-refractivity contribution in [3.05, 3.63) is 59.1 Å². The minimum Gasteiger partial charge on any atom is -0.304 e. The van der Waals surface area contributed by atoms with E-state index in [1.807, 2.05) is 24.3 Å². The number of benzene rings is 1. The zero-order chi connectivity index (χ0) is 12.8. The van der Waals surface area contributed by atoms with Crippen LogP contribution in [0.5, 0.6) is 0 Å². The summed E-state index contributed by atoms with van der Waals surface area (Å²) in [4.78, 5) is 8.10. The van der Waals surface area contributed by atoms with Gasteiger partial charge in [-0.1, -0.05) is 30.7 Å². The molecule has 1 atom stereocenters. The Labute approximate surface area is 112 Å². The number of hydrogen-bond acceptors (Lipinski definition) is 3. The summed E-state index contributed by atoms with van der Waals surface area (Å²) in [6.45, 7) is 2.88. The predicted molar refractivity (Wildman–Crippen MR) is 73.4 cm³/mol. The first-order chi connectivity index (χ1) is 8.79. The fourth-order valence-corrected chi connectivity index (χ4v) is 2.07. The molecule has 2 aromatic rings. The highest BCUT2D eigenvalue weighted by atomic mass is 35.5. The predicted octanol–water partition coefficient (Wildman–Crippen LogP) is 3.37. The molecule has 4 heteroatoms. The molecule has 0 amide bonds. The van der Waals surface area contributed by atoms with Gasteiger partial charge >= 0.3 is 0 Å². The second-order valence-corrected chi connectivity index (χ2v) is 4.53. The van der Waals surface area contributed by atoms with Crippen LogP contribution in [0.2, 0.25) is 5.02 Å². The zero-order valence-corrected chi connectivity index (χ0v) is 11.1. The maximum absolute atomic E-state index is 6.01. The van der Waals surface area contributed by atoms with Crippen LogP contribution in [0.3, 0.4) is 0 Å². The molecule has 0 aliphatic heterocycles. The molecule has 0 radical (unpaired) electrons. The Morgan fingerprint density at radius 3 is 2.89 bits per heavy atom. The molecule has 0 aliphatic rings. The van der Waals surface area contributed by atoms with E-state index in [1.165, 1.54) is 5.56 Å². The van der Waals surface area contributed by atoms with E-state index in [4.69, 9.17) is 11.6 Å². The van der Waals surface area contributed by atoms with Crippen LogP contribution < -0.4 is 5.32 Å². The third-order valence-corrected chi connectivity index (χ3v) is 3.07. The van der Waals surface area contributed by atoms with Gasteiger partial charge in [0.15, 0.2) is 0 Å². The summed E-state index contributed by atoms with van der Waals surface area (Å²) in [5.41, 5.74) is 2.20. The molecule has 18 heavy (non-hydrogen) atoms. The Morgan fingerprint density at radius 1 is 1.33 bits per heavy atom. The van der Waals surface area contributed by atoms with Crippen molar-refractivity contribution in [2.24, 2.45) is 0 Å². The molecule has 2 rings (SSSR count). The lowest BCUT2D eigenvalue weighted by Gasteiger charge is -2.17. The number of aromatic nitrogens is 2. The summed E-state index contributed by atoms with van der Waals surface area (Å²) in [7, 11) is 0. The molecule has 0 fully saturated rings. The lowest BCUT2D eigenvalue weighted by atomic mass is 10.0. The third-order valence-electron chi connectivity index (χ3n) is 2.83. The highest BCUT2D eigenvalue weighted by Gasteiger charge is 2.09. The van der Waals surface area contributed by atoms with Crippen LogP contribution in [-0.2, 0) is 6.54 Å². The lowest BCUT2D eigenvalue weighted by Crippen LogP contribution is -2.20. The van der Waals surface area contributed by atoms with Crippen LogP contribution in [-0.4, -0.2) is 9.97 Å². The fourth-order valence-electron chi connectivity index (χ4n) is 1.87. The summed E-state index contributed by atoms with van der Waals surface area (Å²) >= 11 is 6.01. The summed E-state index contributed by atoms with van der Waals surface area (Å²) < 4.78 is 0. The van der Waals surface area contributed by atoms with Crippen LogP contribution >= 0.6 is 11.6 Å². The average Bonchev–Trinajstić information content (AvgIpc) is 2.41. The summed E-state index contributed by atoms with van der Waals surface area (Å²) in [5.74, 6) is 0. The quantitative estimate of drug-likeness (QED) is 0.897. The Balaban J connectivity index is 2.02. The molecule has 0 spiro atoms. The van der Waals surface area contributed by atoms with E-state index < -0.39 is 0 Å². The van der Waals surface area contributed by atoms with Gasteiger partial charge in [0.2, 0.25) is 0 Å². The number of rotatable bonds is 5. The smallest absolute Gasteiger partial charge is 0.115 e. The molecule has 1 unspecified atom stereocenters. The minimum atomic E-state index is 0.290. The highest BCUT2D eigenvalue weighted by Crippen LogP contribution is 2.20. The summed E-state index contributed by atoms with van der Waals surface area (Å²) in [6.07, 6.45) is 4.33.